The second-order valence-corrected chi connectivity index (χ2v) is 9.23. The molecule has 178 valence electrons. The third-order valence-electron chi connectivity index (χ3n) is 6.90. The van der Waals surface area contributed by atoms with Gasteiger partial charge in [0.1, 0.15) is 11.3 Å². The van der Waals surface area contributed by atoms with Gasteiger partial charge in [0, 0.05) is 6.54 Å². The summed E-state index contributed by atoms with van der Waals surface area (Å²) in [6.07, 6.45) is 1.58. The average molecular weight is 468 g/mol. The SMILES string of the molecule is CCc1ccc(C2c3c(oc4c(C)cc(C)cc4c3=O)C(=O)N2CCc2ccc(OC)cc2)cc1. The van der Waals surface area contributed by atoms with E-state index in [4.69, 9.17) is 9.15 Å². The topological polar surface area (TPSA) is 59.8 Å². The van der Waals surface area contributed by atoms with Crippen LogP contribution >= 0.6 is 0 Å². The molecule has 1 atom stereocenters. The van der Waals surface area contributed by atoms with Crippen molar-refractivity contribution in [3.63, 3.8) is 0 Å². The van der Waals surface area contributed by atoms with E-state index in [2.05, 4.69) is 19.1 Å². The lowest BCUT2D eigenvalue weighted by Crippen LogP contribution is -2.31. The Bertz CT molecular complexity index is 1470. The fraction of sp³-hybridized carbons (Fsp3) is 0.267. The number of ether oxygens (including phenoxy) is 1. The number of rotatable bonds is 6. The molecule has 0 saturated carbocycles. The van der Waals surface area contributed by atoms with E-state index < -0.39 is 6.04 Å². The Morgan fingerprint density at radius 3 is 2.29 bits per heavy atom. The molecule has 0 fully saturated rings. The largest absolute Gasteiger partial charge is 0.497 e. The zero-order chi connectivity index (χ0) is 24.7. The summed E-state index contributed by atoms with van der Waals surface area (Å²) in [6.45, 7) is 6.44. The summed E-state index contributed by atoms with van der Waals surface area (Å²) in [5.41, 5.74) is 5.86. The molecule has 5 nitrogen and oxygen atoms in total. The quantitative estimate of drug-likeness (QED) is 0.361. The molecule has 5 rings (SSSR count). The van der Waals surface area contributed by atoms with Gasteiger partial charge in [-0.05, 0) is 72.7 Å². The van der Waals surface area contributed by atoms with Crippen LogP contribution in [-0.4, -0.2) is 24.5 Å². The third kappa shape index (κ3) is 4.01. The second-order valence-electron chi connectivity index (χ2n) is 9.23. The monoisotopic (exact) mass is 467 g/mol. The first kappa shape index (κ1) is 22.9. The lowest BCUT2D eigenvalue weighted by Gasteiger charge is -2.25. The van der Waals surface area contributed by atoms with Crippen LogP contribution in [0.15, 0.2) is 69.9 Å². The Hall–Kier alpha value is -3.86. The highest BCUT2D eigenvalue weighted by Crippen LogP contribution is 2.39. The predicted octanol–water partition coefficient (Wildman–Crippen LogP) is 5.77. The molecule has 1 aliphatic heterocycles. The van der Waals surface area contributed by atoms with E-state index in [-0.39, 0.29) is 17.1 Å². The molecule has 0 bridgehead atoms. The Morgan fingerprint density at radius 2 is 1.63 bits per heavy atom. The van der Waals surface area contributed by atoms with Crippen LogP contribution in [0.4, 0.5) is 0 Å². The predicted molar refractivity (Wildman–Crippen MR) is 137 cm³/mol. The van der Waals surface area contributed by atoms with Gasteiger partial charge in [-0.2, -0.15) is 0 Å². The van der Waals surface area contributed by atoms with Crippen LogP contribution in [0.1, 0.15) is 56.9 Å². The Morgan fingerprint density at radius 1 is 0.943 bits per heavy atom. The van der Waals surface area contributed by atoms with Gasteiger partial charge in [-0.15, -0.1) is 0 Å². The standard InChI is InChI=1S/C30H29NO4/c1-5-20-6-10-22(11-7-20)26-25-27(32)24-17-18(2)16-19(3)28(24)35-29(25)30(33)31(26)15-14-21-8-12-23(34-4)13-9-21/h6-13,16-17,26H,5,14-15H2,1-4H3. The van der Waals surface area contributed by atoms with E-state index in [0.717, 1.165) is 34.4 Å². The van der Waals surface area contributed by atoms with Gasteiger partial charge >= 0.3 is 0 Å². The van der Waals surface area contributed by atoms with Crippen LogP contribution in [0.5, 0.6) is 5.75 Å². The van der Waals surface area contributed by atoms with Gasteiger partial charge in [-0.3, -0.25) is 9.59 Å². The van der Waals surface area contributed by atoms with Gasteiger partial charge in [0.05, 0.1) is 24.1 Å². The van der Waals surface area contributed by atoms with Crippen LogP contribution in [0.25, 0.3) is 11.0 Å². The highest BCUT2D eigenvalue weighted by molar-refractivity contribution is 5.99. The maximum Gasteiger partial charge on any atom is 0.290 e. The minimum absolute atomic E-state index is 0.127. The highest BCUT2D eigenvalue weighted by Gasteiger charge is 2.42. The Labute approximate surface area is 205 Å². The van der Waals surface area contributed by atoms with Crippen LogP contribution in [0, 0.1) is 13.8 Å². The molecule has 1 unspecified atom stereocenters. The highest BCUT2D eigenvalue weighted by atomic mass is 16.5. The van der Waals surface area contributed by atoms with Crippen molar-refractivity contribution in [1.82, 2.24) is 4.90 Å². The Kier molecular flexibility index (Phi) is 5.93. The molecule has 0 N–H and O–H groups in total. The van der Waals surface area contributed by atoms with Gasteiger partial charge in [-0.25, -0.2) is 0 Å². The molecular weight excluding hydrogens is 438 g/mol. The second kappa shape index (κ2) is 9.06. The van der Waals surface area contributed by atoms with E-state index in [1.165, 1.54) is 5.56 Å². The molecular formula is C30H29NO4. The number of benzene rings is 3. The summed E-state index contributed by atoms with van der Waals surface area (Å²) in [5.74, 6) is 0.713. The summed E-state index contributed by atoms with van der Waals surface area (Å²) < 4.78 is 11.4. The zero-order valence-electron chi connectivity index (χ0n) is 20.6. The number of carbonyl (C=O) groups is 1. The van der Waals surface area contributed by atoms with Crippen LogP contribution < -0.4 is 10.2 Å². The molecule has 0 radical (unpaired) electrons. The maximum atomic E-state index is 13.8. The number of aryl methyl sites for hydroxylation is 3. The number of fused-ring (bicyclic) bond motifs is 2. The molecule has 5 heteroatoms. The molecule has 35 heavy (non-hydrogen) atoms. The first-order valence-corrected chi connectivity index (χ1v) is 12.0. The Balaban J connectivity index is 1.62. The average Bonchev–Trinajstić information content (AvgIpc) is 3.15. The fourth-order valence-electron chi connectivity index (χ4n) is 5.03. The van der Waals surface area contributed by atoms with Crippen LogP contribution in [0.2, 0.25) is 0 Å². The molecule has 3 aromatic carbocycles. The van der Waals surface area contributed by atoms with E-state index in [0.29, 0.717) is 29.5 Å². The minimum Gasteiger partial charge on any atom is -0.497 e. The number of hydrogen-bond donors (Lipinski definition) is 0. The molecule has 2 heterocycles. The molecule has 1 amide bonds. The van der Waals surface area contributed by atoms with Crippen LogP contribution in [0.3, 0.4) is 0 Å². The number of hydrogen-bond acceptors (Lipinski definition) is 4. The maximum absolute atomic E-state index is 13.8. The van der Waals surface area contributed by atoms with Gasteiger partial charge < -0.3 is 14.1 Å². The third-order valence-corrected chi connectivity index (χ3v) is 6.90. The molecule has 4 aromatic rings. The van der Waals surface area contributed by atoms with Crippen molar-refractivity contribution in [2.45, 2.75) is 39.7 Å². The lowest BCUT2D eigenvalue weighted by atomic mass is 9.96. The first-order valence-electron chi connectivity index (χ1n) is 12.0. The molecule has 0 saturated heterocycles. The summed E-state index contributed by atoms with van der Waals surface area (Å²) in [4.78, 5) is 29.3. The normalized spacial score (nSPS) is 15.0. The number of amides is 1. The summed E-state index contributed by atoms with van der Waals surface area (Å²) >= 11 is 0. The van der Waals surface area contributed by atoms with Crippen molar-refractivity contribution < 1.29 is 13.9 Å². The summed E-state index contributed by atoms with van der Waals surface area (Å²) in [7, 11) is 1.64. The first-order chi connectivity index (χ1) is 16.9. The van der Waals surface area contributed by atoms with Crippen molar-refractivity contribution in [3.05, 3.63) is 110 Å². The molecule has 1 aromatic heterocycles. The van der Waals surface area contributed by atoms with Crippen molar-refractivity contribution in [2.75, 3.05) is 13.7 Å². The smallest absolute Gasteiger partial charge is 0.290 e. The van der Waals surface area contributed by atoms with Crippen molar-refractivity contribution in [3.8, 4) is 5.75 Å². The molecule has 0 spiro atoms. The number of carbonyl (C=O) groups excluding carboxylic acids is 1. The van der Waals surface area contributed by atoms with E-state index in [1.54, 1.807) is 12.0 Å². The van der Waals surface area contributed by atoms with Gasteiger partial charge in [0.2, 0.25) is 5.76 Å². The van der Waals surface area contributed by atoms with Crippen molar-refractivity contribution >= 4 is 16.9 Å². The van der Waals surface area contributed by atoms with E-state index in [9.17, 15) is 9.59 Å². The fourth-order valence-corrected chi connectivity index (χ4v) is 5.03. The van der Waals surface area contributed by atoms with Crippen LogP contribution in [-0.2, 0) is 12.8 Å². The molecule has 1 aliphatic rings. The van der Waals surface area contributed by atoms with E-state index in [1.807, 2.05) is 62.4 Å². The van der Waals surface area contributed by atoms with Gasteiger partial charge in [0.25, 0.3) is 5.91 Å². The van der Waals surface area contributed by atoms with E-state index >= 15 is 0 Å². The zero-order valence-corrected chi connectivity index (χ0v) is 20.6. The van der Waals surface area contributed by atoms with Gasteiger partial charge in [0.15, 0.2) is 5.43 Å². The lowest BCUT2D eigenvalue weighted by molar-refractivity contribution is 0.0730. The number of nitrogens with zero attached hydrogens (tertiary/aromatic N) is 1. The molecule has 0 aliphatic carbocycles. The van der Waals surface area contributed by atoms with Crippen molar-refractivity contribution in [2.24, 2.45) is 0 Å². The summed E-state index contributed by atoms with van der Waals surface area (Å²) in [6, 6.07) is 19.4. The van der Waals surface area contributed by atoms with Crippen molar-refractivity contribution in [1.29, 1.82) is 0 Å². The number of methoxy groups -OCH3 is 1. The van der Waals surface area contributed by atoms with Gasteiger partial charge in [-0.1, -0.05) is 49.4 Å². The minimum atomic E-state index is -0.483. The summed E-state index contributed by atoms with van der Waals surface area (Å²) in [5, 5.41) is 0.529.